The Balaban J connectivity index is 2.06. The van der Waals surface area contributed by atoms with Crippen LogP contribution in [0.15, 0.2) is 50.5 Å². The molecule has 32 heavy (non-hydrogen) atoms. The molecule has 3 aromatic rings. The van der Waals surface area contributed by atoms with Crippen LogP contribution in [0, 0.1) is 27.2 Å². The first-order valence-corrected chi connectivity index (χ1v) is 10.1. The first kappa shape index (κ1) is 22.4. The SMILES string of the molecule is Cc1c(CC(=O)O)c(=O)oc2cc(NS(=O)(=O)c3ccc([N+](=O)[O-])cc3[N+](=O)[O-])ccc12. The number of aryl methyl sites for hydroxylation is 1. The van der Waals surface area contributed by atoms with Crippen molar-refractivity contribution >= 4 is 44.0 Å². The van der Waals surface area contributed by atoms with E-state index in [-0.39, 0.29) is 16.8 Å². The lowest BCUT2D eigenvalue weighted by molar-refractivity contribution is -0.396. The molecule has 1 heterocycles. The van der Waals surface area contributed by atoms with Crippen LogP contribution in [0.4, 0.5) is 17.1 Å². The molecule has 0 saturated carbocycles. The Labute approximate surface area is 178 Å². The molecule has 0 radical (unpaired) electrons. The largest absolute Gasteiger partial charge is 0.481 e. The number of benzene rings is 2. The van der Waals surface area contributed by atoms with Gasteiger partial charge in [-0.1, -0.05) is 0 Å². The summed E-state index contributed by atoms with van der Waals surface area (Å²) in [5.41, 5.74) is -2.41. The normalized spacial score (nSPS) is 11.3. The van der Waals surface area contributed by atoms with Gasteiger partial charge in [0.25, 0.3) is 21.4 Å². The van der Waals surface area contributed by atoms with Crippen molar-refractivity contribution in [1.29, 1.82) is 0 Å². The maximum atomic E-state index is 12.7. The van der Waals surface area contributed by atoms with Gasteiger partial charge in [0.15, 0.2) is 4.90 Å². The molecular formula is C18H13N3O10S. The van der Waals surface area contributed by atoms with E-state index in [1.54, 1.807) is 0 Å². The highest BCUT2D eigenvalue weighted by molar-refractivity contribution is 7.92. The van der Waals surface area contributed by atoms with Gasteiger partial charge in [-0.25, -0.2) is 13.2 Å². The summed E-state index contributed by atoms with van der Waals surface area (Å²) in [5, 5.41) is 31.4. The molecule has 14 heteroatoms. The Bertz CT molecular complexity index is 1460. The number of nitro benzene ring substituents is 2. The van der Waals surface area contributed by atoms with E-state index in [0.29, 0.717) is 17.0 Å². The topological polar surface area (TPSA) is 200 Å². The van der Waals surface area contributed by atoms with Gasteiger partial charge in [0.05, 0.1) is 33.6 Å². The number of sulfonamides is 1. The van der Waals surface area contributed by atoms with Crippen LogP contribution in [0.25, 0.3) is 11.0 Å². The molecule has 2 aromatic carbocycles. The van der Waals surface area contributed by atoms with Gasteiger partial charge >= 0.3 is 11.6 Å². The summed E-state index contributed by atoms with van der Waals surface area (Å²) in [6, 6.07) is 5.91. The van der Waals surface area contributed by atoms with Crippen LogP contribution in [0.2, 0.25) is 0 Å². The zero-order valence-electron chi connectivity index (χ0n) is 16.1. The maximum Gasteiger partial charge on any atom is 0.340 e. The smallest absolute Gasteiger partial charge is 0.340 e. The minimum Gasteiger partial charge on any atom is -0.481 e. The van der Waals surface area contributed by atoms with Crippen LogP contribution in [-0.4, -0.2) is 29.3 Å². The Kier molecular flexibility index (Phi) is 5.64. The minimum absolute atomic E-state index is 0.0416. The van der Waals surface area contributed by atoms with Crippen molar-refractivity contribution in [3.8, 4) is 0 Å². The number of anilines is 1. The fraction of sp³-hybridized carbons (Fsp3) is 0.111. The van der Waals surface area contributed by atoms with Crippen molar-refractivity contribution in [2.45, 2.75) is 18.2 Å². The van der Waals surface area contributed by atoms with Crippen molar-refractivity contribution in [3.05, 3.63) is 78.2 Å². The Morgan fingerprint density at radius 3 is 2.41 bits per heavy atom. The third kappa shape index (κ3) is 4.24. The van der Waals surface area contributed by atoms with Crippen LogP contribution < -0.4 is 10.3 Å². The van der Waals surface area contributed by atoms with Crippen LogP contribution in [-0.2, 0) is 21.2 Å². The monoisotopic (exact) mass is 463 g/mol. The van der Waals surface area contributed by atoms with Gasteiger partial charge in [0, 0.05) is 17.5 Å². The zero-order valence-corrected chi connectivity index (χ0v) is 16.9. The maximum absolute atomic E-state index is 12.7. The van der Waals surface area contributed by atoms with E-state index < -0.39 is 54.2 Å². The number of hydrogen-bond donors (Lipinski definition) is 2. The van der Waals surface area contributed by atoms with Crippen LogP contribution in [0.5, 0.6) is 0 Å². The summed E-state index contributed by atoms with van der Waals surface area (Å²) in [5.74, 6) is -1.23. The van der Waals surface area contributed by atoms with Crippen LogP contribution in [0.3, 0.4) is 0 Å². The molecule has 0 aliphatic rings. The lowest BCUT2D eigenvalue weighted by atomic mass is 10.0. The Morgan fingerprint density at radius 2 is 1.81 bits per heavy atom. The Morgan fingerprint density at radius 1 is 1.12 bits per heavy atom. The standard InChI is InChI=1S/C18H13N3O10S/c1-9-12-4-2-10(6-15(12)31-18(24)13(9)8-17(22)23)19-32(29,30)16-5-3-11(20(25)26)7-14(16)21(27)28/h2-7,19H,8H2,1H3,(H,22,23). The summed E-state index contributed by atoms with van der Waals surface area (Å²) in [7, 11) is -4.56. The van der Waals surface area contributed by atoms with Gasteiger partial charge in [-0.2, -0.15) is 0 Å². The summed E-state index contributed by atoms with van der Waals surface area (Å²) >= 11 is 0. The number of rotatable bonds is 7. The second-order valence-corrected chi connectivity index (χ2v) is 8.20. The summed E-state index contributed by atoms with van der Waals surface area (Å²) in [6.45, 7) is 1.52. The molecule has 0 atom stereocenters. The van der Waals surface area contributed by atoms with Gasteiger partial charge < -0.3 is 9.52 Å². The van der Waals surface area contributed by atoms with E-state index >= 15 is 0 Å². The predicted octanol–water partition coefficient (Wildman–Crippen LogP) is 2.35. The fourth-order valence-electron chi connectivity index (χ4n) is 3.01. The highest BCUT2D eigenvalue weighted by Gasteiger charge is 2.29. The summed E-state index contributed by atoms with van der Waals surface area (Å²) in [6.07, 6.45) is -0.553. The lowest BCUT2D eigenvalue weighted by Crippen LogP contribution is -2.16. The lowest BCUT2D eigenvalue weighted by Gasteiger charge is -2.10. The van der Waals surface area contributed by atoms with E-state index in [1.807, 2.05) is 0 Å². The molecule has 0 amide bonds. The number of nitro groups is 2. The minimum atomic E-state index is -4.56. The van der Waals surface area contributed by atoms with Crippen molar-refractivity contribution in [2.75, 3.05) is 4.72 Å². The molecule has 3 rings (SSSR count). The second kappa shape index (κ2) is 8.07. The number of non-ortho nitro benzene ring substituents is 1. The highest BCUT2D eigenvalue weighted by Crippen LogP contribution is 2.31. The zero-order chi connectivity index (χ0) is 23.8. The molecule has 0 aliphatic carbocycles. The van der Waals surface area contributed by atoms with Crippen molar-refractivity contribution in [1.82, 2.24) is 0 Å². The number of carboxylic acid groups (broad SMARTS) is 1. The number of fused-ring (bicyclic) bond motifs is 1. The molecule has 0 aliphatic heterocycles. The van der Waals surface area contributed by atoms with E-state index in [0.717, 1.165) is 18.2 Å². The molecular weight excluding hydrogens is 450 g/mol. The molecule has 0 bridgehead atoms. The number of nitrogens with zero attached hydrogens (tertiary/aromatic N) is 2. The van der Waals surface area contributed by atoms with E-state index in [2.05, 4.69) is 4.72 Å². The molecule has 0 spiro atoms. The van der Waals surface area contributed by atoms with E-state index in [4.69, 9.17) is 9.52 Å². The second-order valence-electron chi connectivity index (χ2n) is 6.55. The van der Waals surface area contributed by atoms with Gasteiger partial charge in [-0.15, -0.1) is 0 Å². The molecule has 13 nitrogen and oxygen atoms in total. The molecule has 2 N–H and O–H groups in total. The van der Waals surface area contributed by atoms with Gasteiger partial charge in [0.1, 0.15) is 5.58 Å². The first-order chi connectivity index (χ1) is 14.9. The van der Waals surface area contributed by atoms with Gasteiger partial charge in [-0.05, 0) is 30.7 Å². The third-order valence-electron chi connectivity index (χ3n) is 4.51. The van der Waals surface area contributed by atoms with Crippen molar-refractivity contribution < 1.29 is 32.6 Å². The molecule has 0 fully saturated rings. The van der Waals surface area contributed by atoms with Crippen LogP contribution in [0.1, 0.15) is 11.1 Å². The molecule has 166 valence electrons. The average molecular weight is 463 g/mol. The summed E-state index contributed by atoms with van der Waals surface area (Å²) in [4.78, 5) is 42.4. The van der Waals surface area contributed by atoms with Crippen LogP contribution >= 0.6 is 0 Å². The summed E-state index contributed by atoms with van der Waals surface area (Å²) < 4.78 is 32.6. The molecule has 0 saturated heterocycles. The van der Waals surface area contributed by atoms with Gasteiger partial charge in [0.2, 0.25) is 0 Å². The van der Waals surface area contributed by atoms with Crippen molar-refractivity contribution in [3.63, 3.8) is 0 Å². The number of carbonyl (C=O) groups is 1. The molecule has 0 unspecified atom stereocenters. The quantitative estimate of drug-likeness (QED) is 0.297. The third-order valence-corrected chi connectivity index (χ3v) is 5.94. The van der Waals surface area contributed by atoms with Gasteiger partial charge in [-0.3, -0.25) is 29.7 Å². The van der Waals surface area contributed by atoms with E-state index in [9.17, 15) is 38.2 Å². The molecule has 1 aromatic heterocycles. The van der Waals surface area contributed by atoms with E-state index in [1.165, 1.54) is 19.1 Å². The number of nitrogens with one attached hydrogen (secondary N) is 1. The average Bonchev–Trinajstić information content (AvgIpc) is 2.70. The van der Waals surface area contributed by atoms with Crippen molar-refractivity contribution in [2.24, 2.45) is 0 Å². The highest BCUT2D eigenvalue weighted by atomic mass is 32.2. The number of carboxylic acids is 1. The predicted molar refractivity (Wildman–Crippen MR) is 109 cm³/mol. The number of aliphatic carboxylic acids is 1. The Hall–Kier alpha value is -4.33. The number of hydrogen-bond acceptors (Lipinski definition) is 9. The first-order valence-electron chi connectivity index (χ1n) is 8.64. The fourth-order valence-corrected chi connectivity index (χ4v) is 4.22.